The van der Waals surface area contributed by atoms with E-state index < -0.39 is 17.9 Å². The molecule has 100 valence electrons. The van der Waals surface area contributed by atoms with Crippen molar-refractivity contribution in [1.29, 1.82) is 0 Å². The fraction of sp³-hybridized carbons (Fsp3) is 0.818. The van der Waals surface area contributed by atoms with Crippen LogP contribution in [0.3, 0.4) is 0 Å². The topological polar surface area (TPSA) is 90.7 Å². The van der Waals surface area contributed by atoms with Crippen molar-refractivity contribution in [2.75, 3.05) is 20.3 Å². The first kappa shape index (κ1) is 15.9. The van der Waals surface area contributed by atoms with Crippen LogP contribution in [0.15, 0.2) is 0 Å². The maximum Gasteiger partial charge on any atom is 0.332 e. The molecule has 0 spiro atoms. The average molecular weight is 246 g/mol. The van der Waals surface area contributed by atoms with Crippen LogP contribution in [0.5, 0.6) is 0 Å². The van der Waals surface area contributed by atoms with E-state index in [1.54, 1.807) is 14.0 Å². The van der Waals surface area contributed by atoms with E-state index in [0.29, 0.717) is 6.61 Å². The highest BCUT2D eigenvalue weighted by molar-refractivity contribution is 6.01. The lowest BCUT2D eigenvalue weighted by Crippen LogP contribution is -2.52. The molecule has 6 nitrogen and oxygen atoms in total. The van der Waals surface area contributed by atoms with Gasteiger partial charge in [-0.1, -0.05) is 13.8 Å². The Morgan fingerprint density at radius 3 is 2.35 bits per heavy atom. The first-order valence-corrected chi connectivity index (χ1v) is 5.65. The molecule has 1 amide bonds. The van der Waals surface area contributed by atoms with Crippen molar-refractivity contribution in [3.63, 3.8) is 0 Å². The molecule has 6 heteroatoms. The van der Waals surface area contributed by atoms with Crippen LogP contribution in [-0.2, 0) is 19.1 Å². The van der Waals surface area contributed by atoms with Gasteiger partial charge in [-0.15, -0.1) is 0 Å². The summed E-state index contributed by atoms with van der Waals surface area (Å²) in [4.78, 5) is 22.9. The Bertz CT molecular complexity index is 256. The molecule has 0 aliphatic heterocycles. The third-order valence-corrected chi connectivity index (χ3v) is 2.30. The van der Waals surface area contributed by atoms with E-state index in [0.717, 1.165) is 0 Å². The first-order valence-electron chi connectivity index (χ1n) is 5.65. The second-order valence-electron chi connectivity index (χ2n) is 4.04. The van der Waals surface area contributed by atoms with Gasteiger partial charge in [0.05, 0.1) is 19.3 Å². The molecule has 0 aliphatic carbocycles. The largest absolute Gasteiger partial charge is 0.464 e. The van der Waals surface area contributed by atoms with Crippen LogP contribution in [0.4, 0.5) is 0 Å². The summed E-state index contributed by atoms with van der Waals surface area (Å²) in [5.74, 6) is -1.07. The monoisotopic (exact) mass is 246 g/mol. The number of hydrogen-bond acceptors (Lipinski definition) is 5. The van der Waals surface area contributed by atoms with Gasteiger partial charge >= 0.3 is 5.97 Å². The van der Waals surface area contributed by atoms with Crippen molar-refractivity contribution >= 4 is 11.9 Å². The van der Waals surface area contributed by atoms with Crippen LogP contribution >= 0.6 is 0 Å². The second-order valence-corrected chi connectivity index (χ2v) is 4.04. The number of methoxy groups -OCH3 is 1. The van der Waals surface area contributed by atoms with Crippen LogP contribution in [-0.4, -0.2) is 44.3 Å². The Labute approximate surface area is 102 Å². The van der Waals surface area contributed by atoms with Gasteiger partial charge < -0.3 is 20.5 Å². The second kappa shape index (κ2) is 8.03. The lowest BCUT2D eigenvalue weighted by Gasteiger charge is -2.22. The number of rotatable bonds is 7. The van der Waals surface area contributed by atoms with Crippen LogP contribution in [0.1, 0.15) is 20.8 Å². The predicted octanol–water partition coefficient (Wildman–Crippen LogP) is -0.336. The molecule has 17 heavy (non-hydrogen) atoms. The van der Waals surface area contributed by atoms with Gasteiger partial charge in [0.1, 0.15) is 0 Å². The maximum absolute atomic E-state index is 11.7. The zero-order chi connectivity index (χ0) is 13.4. The lowest BCUT2D eigenvalue weighted by molar-refractivity contribution is -0.148. The molecule has 0 saturated heterocycles. The number of nitrogens with two attached hydrogens (primary N) is 1. The standard InChI is InChI=1S/C11H22N2O4/c1-5-17-11(15)9(12)10(14)13-8(6-16-4)7(2)3/h7-9H,5-6,12H2,1-4H3,(H,13,14). The fourth-order valence-electron chi connectivity index (χ4n) is 1.19. The molecule has 2 atom stereocenters. The Morgan fingerprint density at radius 1 is 1.35 bits per heavy atom. The van der Waals surface area contributed by atoms with E-state index in [-0.39, 0.29) is 18.6 Å². The number of nitrogens with one attached hydrogen (secondary N) is 1. The SMILES string of the molecule is CCOC(=O)C(N)C(=O)NC(COC)C(C)C. The summed E-state index contributed by atoms with van der Waals surface area (Å²) in [6, 6.07) is -1.46. The van der Waals surface area contributed by atoms with Gasteiger partial charge in [-0.2, -0.15) is 0 Å². The van der Waals surface area contributed by atoms with Crippen LogP contribution in [0.25, 0.3) is 0 Å². The van der Waals surface area contributed by atoms with Crippen LogP contribution in [0, 0.1) is 5.92 Å². The molecule has 2 unspecified atom stereocenters. The molecule has 0 heterocycles. The minimum absolute atomic E-state index is 0.173. The van der Waals surface area contributed by atoms with Crippen molar-refractivity contribution in [1.82, 2.24) is 5.32 Å². The summed E-state index contributed by atoms with van der Waals surface area (Å²) in [7, 11) is 1.55. The van der Waals surface area contributed by atoms with E-state index in [2.05, 4.69) is 10.1 Å². The van der Waals surface area contributed by atoms with Gasteiger partial charge in [-0.05, 0) is 12.8 Å². The highest BCUT2D eigenvalue weighted by atomic mass is 16.5. The van der Waals surface area contributed by atoms with E-state index in [9.17, 15) is 9.59 Å². The van der Waals surface area contributed by atoms with Crippen molar-refractivity contribution in [3.8, 4) is 0 Å². The highest BCUT2D eigenvalue weighted by Gasteiger charge is 2.26. The Kier molecular flexibility index (Phi) is 7.49. The van der Waals surface area contributed by atoms with E-state index in [4.69, 9.17) is 10.5 Å². The molecule has 0 fully saturated rings. The molecule has 0 rings (SSSR count). The van der Waals surface area contributed by atoms with Crippen LogP contribution < -0.4 is 11.1 Å². The molecular weight excluding hydrogens is 224 g/mol. The van der Waals surface area contributed by atoms with Gasteiger partial charge in [0, 0.05) is 7.11 Å². The zero-order valence-corrected chi connectivity index (χ0v) is 10.9. The molecule has 3 N–H and O–H groups in total. The summed E-state index contributed by atoms with van der Waals surface area (Å²) >= 11 is 0. The summed E-state index contributed by atoms with van der Waals surface area (Å²) in [5.41, 5.74) is 5.46. The van der Waals surface area contributed by atoms with Crippen LogP contribution in [0.2, 0.25) is 0 Å². The molecule has 0 aromatic heterocycles. The van der Waals surface area contributed by atoms with E-state index in [1.165, 1.54) is 0 Å². The molecule has 0 radical (unpaired) electrons. The normalized spacial score (nSPS) is 14.2. The quantitative estimate of drug-likeness (QED) is 0.474. The van der Waals surface area contributed by atoms with E-state index >= 15 is 0 Å². The van der Waals surface area contributed by atoms with Crippen molar-refractivity contribution in [3.05, 3.63) is 0 Å². The number of carbonyl (C=O) groups is 2. The summed E-state index contributed by atoms with van der Waals surface area (Å²) in [5, 5.41) is 2.67. The van der Waals surface area contributed by atoms with Gasteiger partial charge in [-0.3, -0.25) is 4.79 Å². The van der Waals surface area contributed by atoms with Crippen molar-refractivity contribution in [2.45, 2.75) is 32.9 Å². The van der Waals surface area contributed by atoms with Gasteiger partial charge in [-0.25, -0.2) is 4.79 Å². The average Bonchev–Trinajstić information content (AvgIpc) is 2.27. The third-order valence-electron chi connectivity index (χ3n) is 2.30. The Balaban J connectivity index is 4.34. The molecule has 0 saturated carbocycles. The molecule has 0 aromatic carbocycles. The lowest BCUT2D eigenvalue weighted by atomic mass is 10.0. The Morgan fingerprint density at radius 2 is 1.94 bits per heavy atom. The van der Waals surface area contributed by atoms with Gasteiger partial charge in [0.15, 0.2) is 6.04 Å². The first-order chi connectivity index (χ1) is 7.93. The summed E-state index contributed by atoms with van der Waals surface area (Å²) in [6.07, 6.45) is 0. The van der Waals surface area contributed by atoms with Crippen molar-refractivity contribution in [2.24, 2.45) is 11.7 Å². The van der Waals surface area contributed by atoms with Gasteiger partial charge in [0.25, 0.3) is 0 Å². The van der Waals surface area contributed by atoms with Crippen molar-refractivity contribution < 1.29 is 19.1 Å². The minimum Gasteiger partial charge on any atom is -0.464 e. The number of ether oxygens (including phenoxy) is 2. The summed E-state index contributed by atoms with van der Waals surface area (Å²) in [6.45, 7) is 6.12. The third kappa shape index (κ3) is 5.65. The zero-order valence-electron chi connectivity index (χ0n) is 10.9. The predicted molar refractivity (Wildman–Crippen MR) is 63.3 cm³/mol. The number of carbonyl (C=O) groups excluding carboxylic acids is 2. The Hall–Kier alpha value is -1.14. The smallest absolute Gasteiger partial charge is 0.332 e. The molecule has 0 aromatic rings. The maximum atomic E-state index is 11.7. The number of hydrogen-bond donors (Lipinski definition) is 2. The number of esters is 1. The molecule has 0 aliphatic rings. The number of amides is 1. The highest BCUT2D eigenvalue weighted by Crippen LogP contribution is 2.02. The van der Waals surface area contributed by atoms with E-state index in [1.807, 2.05) is 13.8 Å². The fourth-order valence-corrected chi connectivity index (χ4v) is 1.19. The van der Waals surface area contributed by atoms with Gasteiger partial charge in [0.2, 0.25) is 5.91 Å². The molecule has 0 bridgehead atoms. The minimum atomic E-state index is -1.28. The summed E-state index contributed by atoms with van der Waals surface area (Å²) < 4.78 is 9.65. The molecular formula is C11H22N2O4.